The fourth-order valence-electron chi connectivity index (χ4n) is 2.95. The third kappa shape index (κ3) is 4.79. The van der Waals surface area contributed by atoms with Crippen molar-refractivity contribution in [2.75, 3.05) is 0 Å². The van der Waals surface area contributed by atoms with Crippen molar-refractivity contribution in [2.24, 2.45) is 5.92 Å². The number of rotatable bonds is 4. The van der Waals surface area contributed by atoms with Crippen molar-refractivity contribution in [2.45, 2.75) is 26.2 Å². The molecule has 0 saturated carbocycles. The lowest BCUT2D eigenvalue weighted by Crippen LogP contribution is -2.40. The summed E-state index contributed by atoms with van der Waals surface area (Å²) < 4.78 is 0. The molecule has 0 unspecified atom stereocenters. The molecule has 2 aromatic rings. The van der Waals surface area contributed by atoms with Gasteiger partial charge in [0.25, 0.3) is 17.5 Å². The molecule has 0 bridgehead atoms. The Labute approximate surface area is 160 Å². The third-order valence-corrected chi connectivity index (χ3v) is 5.60. The number of hydrogen-bond acceptors (Lipinski definition) is 5. The SMILES string of the molecule is C[C@@H]1CCc2sc(C(=O)NNC(=O)/C=C/c3cccc([N+](=O)[O-])c3)cc2C1. The number of nitrogens with one attached hydrogen (secondary N) is 2. The van der Waals surface area contributed by atoms with E-state index in [9.17, 15) is 19.7 Å². The summed E-state index contributed by atoms with van der Waals surface area (Å²) in [6.45, 7) is 2.20. The van der Waals surface area contributed by atoms with Gasteiger partial charge < -0.3 is 0 Å². The normalized spacial score (nSPS) is 16.0. The van der Waals surface area contributed by atoms with Crippen molar-refractivity contribution < 1.29 is 14.5 Å². The summed E-state index contributed by atoms with van der Waals surface area (Å²) in [5.41, 5.74) is 6.41. The number of nitro groups is 1. The Morgan fingerprint density at radius 2 is 2.11 bits per heavy atom. The lowest BCUT2D eigenvalue weighted by atomic mass is 9.90. The number of aryl methyl sites for hydroxylation is 1. The summed E-state index contributed by atoms with van der Waals surface area (Å²) in [5.74, 6) is -0.245. The van der Waals surface area contributed by atoms with E-state index >= 15 is 0 Å². The molecule has 0 saturated heterocycles. The summed E-state index contributed by atoms with van der Waals surface area (Å²) in [4.78, 5) is 36.2. The molecule has 0 radical (unpaired) electrons. The second-order valence-corrected chi connectivity index (χ2v) is 7.67. The number of carbonyl (C=O) groups is 2. The minimum Gasteiger partial charge on any atom is -0.268 e. The second-order valence-electron chi connectivity index (χ2n) is 6.54. The van der Waals surface area contributed by atoms with Crippen molar-refractivity contribution in [1.82, 2.24) is 10.9 Å². The first kappa shape index (κ1) is 18.8. The van der Waals surface area contributed by atoms with Crippen LogP contribution in [0.2, 0.25) is 0 Å². The number of nitro benzene ring substituents is 1. The molecule has 7 nitrogen and oxygen atoms in total. The lowest BCUT2D eigenvalue weighted by Gasteiger charge is -2.16. The van der Waals surface area contributed by atoms with Gasteiger partial charge in [-0.2, -0.15) is 0 Å². The van der Waals surface area contributed by atoms with E-state index in [0.29, 0.717) is 16.4 Å². The molecule has 1 aromatic heterocycles. The number of hydrazine groups is 1. The first-order valence-corrected chi connectivity index (χ1v) is 9.38. The van der Waals surface area contributed by atoms with Gasteiger partial charge in [-0.3, -0.25) is 30.6 Å². The summed E-state index contributed by atoms with van der Waals surface area (Å²) in [7, 11) is 0. The van der Waals surface area contributed by atoms with Gasteiger partial charge in [-0.05, 0) is 48.4 Å². The number of nitrogens with zero attached hydrogens (tertiary/aromatic N) is 1. The maximum absolute atomic E-state index is 12.2. The quantitative estimate of drug-likeness (QED) is 0.479. The van der Waals surface area contributed by atoms with E-state index in [0.717, 1.165) is 19.3 Å². The summed E-state index contributed by atoms with van der Waals surface area (Å²) >= 11 is 1.47. The Balaban J connectivity index is 1.55. The molecule has 8 heteroatoms. The maximum atomic E-state index is 12.2. The van der Waals surface area contributed by atoms with E-state index in [2.05, 4.69) is 17.8 Å². The zero-order valence-electron chi connectivity index (χ0n) is 14.7. The molecule has 0 fully saturated rings. The third-order valence-electron chi connectivity index (χ3n) is 4.36. The van der Waals surface area contributed by atoms with Gasteiger partial charge in [-0.1, -0.05) is 19.1 Å². The molecule has 27 heavy (non-hydrogen) atoms. The molecular weight excluding hydrogens is 366 g/mol. The number of thiophene rings is 1. The number of benzene rings is 1. The van der Waals surface area contributed by atoms with Crippen LogP contribution in [0.3, 0.4) is 0 Å². The van der Waals surface area contributed by atoms with E-state index in [1.807, 2.05) is 6.07 Å². The van der Waals surface area contributed by atoms with Crippen LogP contribution < -0.4 is 10.9 Å². The van der Waals surface area contributed by atoms with Crippen molar-refractivity contribution in [1.29, 1.82) is 0 Å². The van der Waals surface area contributed by atoms with Crippen LogP contribution in [0.25, 0.3) is 6.08 Å². The predicted molar refractivity (Wildman–Crippen MR) is 103 cm³/mol. The fraction of sp³-hybridized carbons (Fsp3) is 0.263. The van der Waals surface area contributed by atoms with Crippen molar-refractivity contribution >= 4 is 34.9 Å². The first-order chi connectivity index (χ1) is 12.9. The average molecular weight is 385 g/mol. The van der Waals surface area contributed by atoms with Crippen molar-refractivity contribution in [3.8, 4) is 0 Å². The Morgan fingerprint density at radius 3 is 2.89 bits per heavy atom. The van der Waals surface area contributed by atoms with Crippen LogP contribution in [0.4, 0.5) is 5.69 Å². The number of amides is 2. The molecule has 1 heterocycles. The van der Waals surface area contributed by atoms with Gasteiger partial charge in [-0.15, -0.1) is 11.3 Å². The minimum absolute atomic E-state index is 0.0539. The molecule has 1 aliphatic carbocycles. The summed E-state index contributed by atoms with van der Waals surface area (Å²) in [6.07, 6.45) is 5.76. The van der Waals surface area contributed by atoms with Gasteiger partial charge in [-0.25, -0.2) is 0 Å². The standard InChI is InChI=1S/C19H19N3O4S/c1-12-5-7-16-14(9-12)11-17(27-16)19(24)21-20-18(23)8-6-13-3-2-4-15(10-13)22(25)26/h2-4,6,8,10-12H,5,7,9H2,1H3,(H,20,23)(H,21,24)/b8-6+/t12-/m1/s1. The maximum Gasteiger partial charge on any atom is 0.279 e. The highest BCUT2D eigenvalue weighted by molar-refractivity contribution is 7.14. The second kappa shape index (κ2) is 8.13. The number of fused-ring (bicyclic) bond motifs is 1. The fourth-order valence-corrected chi connectivity index (χ4v) is 4.06. The average Bonchev–Trinajstić information content (AvgIpc) is 3.07. The van der Waals surface area contributed by atoms with E-state index in [-0.39, 0.29) is 11.6 Å². The molecule has 2 amide bonds. The molecule has 1 aromatic carbocycles. The van der Waals surface area contributed by atoms with Gasteiger partial charge in [0.15, 0.2) is 0 Å². The minimum atomic E-state index is -0.523. The molecule has 3 rings (SSSR count). The highest BCUT2D eigenvalue weighted by Gasteiger charge is 2.20. The topological polar surface area (TPSA) is 101 Å². The van der Waals surface area contributed by atoms with Gasteiger partial charge in [0.1, 0.15) is 0 Å². The lowest BCUT2D eigenvalue weighted by molar-refractivity contribution is -0.384. The highest BCUT2D eigenvalue weighted by atomic mass is 32.1. The Bertz CT molecular complexity index is 919. The van der Waals surface area contributed by atoms with Crippen molar-refractivity contribution in [3.05, 3.63) is 67.4 Å². The molecular formula is C19H19N3O4S. The van der Waals surface area contributed by atoms with Crippen LogP contribution in [0, 0.1) is 16.0 Å². The van der Waals surface area contributed by atoms with Gasteiger partial charge in [0, 0.05) is 23.1 Å². The number of carbonyl (C=O) groups excluding carboxylic acids is 2. The largest absolute Gasteiger partial charge is 0.279 e. The Morgan fingerprint density at radius 1 is 1.30 bits per heavy atom. The monoisotopic (exact) mass is 385 g/mol. The van der Waals surface area contributed by atoms with Gasteiger partial charge in [0.2, 0.25) is 0 Å². The zero-order chi connectivity index (χ0) is 19.4. The van der Waals surface area contributed by atoms with E-state index in [1.54, 1.807) is 6.07 Å². The first-order valence-electron chi connectivity index (χ1n) is 8.57. The van der Waals surface area contributed by atoms with Crippen LogP contribution in [-0.4, -0.2) is 16.7 Å². The highest BCUT2D eigenvalue weighted by Crippen LogP contribution is 2.32. The predicted octanol–water partition coefficient (Wildman–Crippen LogP) is 3.26. The van der Waals surface area contributed by atoms with Crippen LogP contribution >= 0.6 is 11.3 Å². The van der Waals surface area contributed by atoms with Crippen LogP contribution in [0.5, 0.6) is 0 Å². The van der Waals surface area contributed by atoms with Crippen LogP contribution in [0.1, 0.15) is 39.0 Å². The molecule has 0 spiro atoms. The van der Waals surface area contributed by atoms with Gasteiger partial charge in [0.05, 0.1) is 9.80 Å². The van der Waals surface area contributed by atoms with E-state index in [4.69, 9.17) is 0 Å². The Kier molecular flexibility index (Phi) is 5.66. The molecule has 1 atom stereocenters. The molecule has 0 aliphatic heterocycles. The molecule has 2 N–H and O–H groups in total. The van der Waals surface area contributed by atoms with Gasteiger partial charge >= 0.3 is 0 Å². The summed E-state index contributed by atoms with van der Waals surface area (Å²) in [6, 6.07) is 7.82. The van der Waals surface area contributed by atoms with E-state index < -0.39 is 10.8 Å². The van der Waals surface area contributed by atoms with Crippen LogP contribution in [-0.2, 0) is 17.6 Å². The van der Waals surface area contributed by atoms with Crippen LogP contribution in [0.15, 0.2) is 36.4 Å². The number of hydrogen-bond donors (Lipinski definition) is 2. The van der Waals surface area contributed by atoms with E-state index in [1.165, 1.54) is 52.1 Å². The molecule has 140 valence electrons. The van der Waals surface area contributed by atoms with Crippen molar-refractivity contribution in [3.63, 3.8) is 0 Å². The zero-order valence-corrected chi connectivity index (χ0v) is 15.5. The smallest absolute Gasteiger partial charge is 0.268 e. The summed E-state index contributed by atoms with van der Waals surface area (Å²) in [5, 5.41) is 10.8. The Hall–Kier alpha value is -3.00. The molecule has 1 aliphatic rings. The number of non-ortho nitro benzene ring substituents is 1.